The lowest BCUT2D eigenvalue weighted by Gasteiger charge is -2.32. The van der Waals surface area contributed by atoms with Crippen molar-refractivity contribution in [2.75, 3.05) is 0 Å². The summed E-state index contributed by atoms with van der Waals surface area (Å²) in [4.78, 5) is 51.8. The molecule has 8 nitrogen and oxygen atoms in total. The van der Waals surface area contributed by atoms with Crippen LogP contribution in [0.1, 0.15) is 38.8 Å². The zero-order valence-corrected chi connectivity index (χ0v) is 18.5. The Labute approximate surface area is 196 Å². The molecule has 8 heteroatoms. The van der Waals surface area contributed by atoms with Gasteiger partial charge in [0.05, 0.1) is 17.7 Å². The number of nitrogens with zero attached hydrogens (tertiary/aromatic N) is 2. The number of hydrogen-bond donors (Lipinski definition) is 1. The van der Waals surface area contributed by atoms with E-state index in [0.29, 0.717) is 5.56 Å². The third-order valence-electron chi connectivity index (χ3n) is 5.36. The SMILES string of the molecule is CC(NC(=O)OCc1ccccc1)C(=O)N(Cc1ccccc1)N1C(=O)c2ccccc2C1=O. The average molecular weight is 457 g/mol. The molecule has 1 atom stereocenters. The van der Waals surface area contributed by atoms with Gasteiger partial charge in [0.25, 0.3) is 17.7 Å². The number of rotatable bonds is 7. The fourth-order valence-corrected chi connectivity index (χ4v) is 3.63. The van der Waals surface area contributed by atoms with E-state index in [1.165, 1.54) is 6.92 Å². The van der Waals surface area contributed by atoms with Crippen LogP contribution >= 0.6 is 0 Å². The zero-order chi connectivity index (χ0) is 24.1. The molecule has 4 amide bonds. The highest BCUT2D eigenvalue weighted by molar-refractivity contribution is 6.21. The maximum absolute atomic E-state index is 13.4. The lowest BCUT2D eigenvalue weighted by atomic mass is 10.1. The van der Waals surface area contributed by atoms with Gasteiger partial charge in [0, 0.05) is 0 Å². The summed E-state index contributed by atoms with van der Waals surface area (Å²) < 4.78 is 5.20. The van der Waals surface area contributed by atoms with E-state index in [4.69, 9.17) is 4.74 Å². The molecule has 0 aliphatic carbocycles. The maximum atomic E-state index is 13.4. The Morgan fingerprint density at radius 1 is 0.824 bits per heavy atom. The predicted molar refractivity (Wildman–Crippen MR) is 123 cm³/mol. The smallest absolute Gasteiger partial charge is 0.408 e. The number of nitrogens with one attached hydrogen (secondary N) is 1. The molecule has 1 aliphatic heterocycles. The van der Waals surface area contributed by atoms with Crippen molar-refractivity contribution in [3.05, 3.63) is 107 Å². The molecule has 0 fully saturated rings. The van der Waals surface area contributed by atoms with Crippen molar-refractivity contribution in [1.82, 2.24) is 15.3 Å². The summed E-state index contributed by atoms with van der Waals surface area (Å²) >= 11 is 0. The van der Waals surface area contributed by atoms with E-state index in [1.807, 2.05) is 36.4 Å². The van der Waals surface area contributed by atoms with Gasteiger partial charge in [-0.15, -0.1) is 0 Å². The highest BCUT2D eigenvalue weighted by atomic mass is 16.5. The normalized spacial score (nSPS) is 13.3. The molecule has 172 valence electrons. The lowest BCUT2D eigenvalue weighted by Crippen LogP contribution is -2.55. The van der Waals surface area contributed by atoms with Crippen LogP contribution in [-0.4, -0.2) is 39.9 Å². The highest BCUT2D eigenvalue weighted by Crippen LogP contribution is 2.25. The molecule has 4 rings (SSSR count). The van der Waals surface area contributed by atoms with Gasteiger partial charge in [-0.3, -0.25) is 14.4 Å². The summed E-state index contributed by atoms with van der Waals surface area (Å²) in [7, 11) is 0. The quantitative estimate of drug-likeness (QED) is 0.548. The first-order valence-corrected chi connectivity index (χ1v) is 10.8. The molecule has 0 aromatic heterocycles. The number of alkyl carbamates (subject to hydrolysis) is 1. The molecule has 0 spiro atoms. The van der Waals surface area contributed by atoms with Crippen molar-refractivity contribution in [3.8, 4) is 0 Å². The summed E-state index contributed by atoms with van der Waals surface area (Å²) in [6, 6.07) is 23.4. The number of imide groups is 1. The summed E-state index contributed by atoms with van der Waals surface area (Å²) in [5.74, 6) is -1.82. The summed E-state index contributed by atoms with van der Waals surface area (Å²) in [6.07, 6.45) is -0.785. The molecule has 0 saturated heterocycles. The monoisotopic (exact) mass is 457 g/mol. The number of hydrazine groups is 1. The van der Waals surface area contributed by atoms with E-state index in [-0.39, 0.29) is 24.3 Å². The van der Waals surface area contributed by atoms with Crippen molar-refractivity contribution < 1.29 is 23.9 Å². The number of hydrogen-bond acceptors (Lipinski definition) is 5. The number of ether oxygens (including phenoxy) is 1. The molecular formula is C26H23N3O5. The summed E-state index contributed by atoms with van der Waals surface area (Å²) in [6.45, 7) is 1.48. The molecule has 1 N–H and O–H groups in total. The van der Waals surface area contributed by atoms with Gasteiger partial charge in [0.15, 0.2) is 0 Å². The highest BCUT2D eigenvalue weighted by Gasteiger charge is 2.42. The van der Waals surface area contributed by atoms with Crippen LogP contribution < -0.4 is 5.32 Å². The second-order valence-electron chi connectivity index (χ2n) is 7.78. The predicted octanol–water partition coefficient (Wildman–Crippen LogP) is 3.54. The van der Waals surface area contributed by atoms with Crippen LogP contribution in [0.15, 0.2) is 84.9 Å². The van der Waals surface area contributed by atoms with E-state index >= 15 is 0 Å². The molecule has 3 aromatic rings. The second kappa shape index (κ2) is 9.99. The molecule has 0 saturated carbocycles. The van der Waals surface area contributed by atoms with Crippen LogP contribution in [0, 0.1) is 0 Å². The van der Waals surface area contributed by atoms with Gasteiger partial charge in [-0.1, -0.05) is 72.8 Å². The molecule has 1 heterocycles. The molecular weight excluding hydrogens is 434 g/mol. The van der Waals surface area contributed by atoms with Crippen molar-refractivity contribution in [1.29, 1.82) is 0 Å². The van der Waals surface area contributed by atoms with Crippen molar-refractivity contribution in [2.45, 2.75) is 26.1 Å². The maximum Gasteiger partial charge on any atom is 0.408 e. The van der Waals surface area contributed by atoms with Crippen molar-refractivity contribution in [3.63, 3.8) is 0 Å². The molecule has 0 radical (unpaired) electrons. The molecule has 3 aromatic carbocycles. The first kappa shape index (κ1) is 22.7. The van der Waals surface area contributed by atoms with Crippen LogP contribution in [0.25, 0.3) is 0 Å². The minimum absolute atomic E-state index is 0.0315. The Morgan fingerprint density at radius 3 is 1.88 bits per heavy atom. The van der Waals surface area contributed by atoms with Gasteiger partial charge in [-0.25, -0.2) is 9.80 Å². The van der Waals surface area contributed by atoms with E-state index in [2.05, 4.69) is 5.32 Å². The van der Waals surface area contributed by atoms with Crippen LogP contribution in [0.5, 0.6) is 0 Å². The molecule has 1 unspecified atom stereocenters. The number of fused-ring (bicyclic) bond motifs is 1. The van der Waals surface area contributed by atoms with Gasteiger partial charge < -0.3 is 10.1 Å². The van der Waals surface area contributed by atoms with Crippen LogP contribution in [0.4, 0.5) is 4.79 Å². The fourth-order valence-electron chi connectivity index (χ4n) is 3.63. The Balaban J connectivity index is 1.52. The number of carbonyl (C=O) groups excluding carboxylic acids is 4. The number of carbonyl (C=O) groups is 4. The molecule has 0 bridgehead atoms. The second-order valence-corrected chi connectivity index (χ2v) is 7.78. The van der Waals surface area contributed by atoms with Gasteiger partial charge in [0.2, 0.25) is 0 Å². The van der Waals surface area contributed by atoms with Crippen molar-refractivity contribution >= 4 is 23.8 Å². The number of amides is 4. The van der Waals surface area contributed by atoms with E-state index < -0.39 is 29.9 Å². The molecule has 34 heavy (non-hydrogen) atoms. The number of benzene rings is 3. The van der Waals surface area contributed by atoms with Gasteiger partial charge in [-0.05, 0) is 30.2 Å². The Morgan fingerprint density at radius 2 is 1.32 bits per heavy atom. The third kappa shape index (κ3) is 4.80. The first-order valence-electron chi connectivity index (χ1n) is 10.8. The standard InChI is InChI=1S/C26H23N3O5/c1-18(27-26(33)34-17-20-12-6-3-7-13-20)23(30)28(16-19-10-4-2-5-11-19)29-24(31)21-14-8-9-15-22(21)25(29)32/h2-15,18H,16-17H2,1H3,(H,27,33). The van der Waals surface area contributed by atoms with Crippen LogP contribution in [0.2, 0.25) is 0 Å². The minimum Gasteiger partial charge on any atom is -0.445 e. The van der Waals surface area contributed by atoms with E-state index in [1.54, 1.807) is 48.5 Å². The summed E-state index contributed by atoms with van der Waals surface area (Å²) in [5.41, 5.74) is 1.96. The van der Waals surface area contributed by atoms with Gasteiger partial charge in [-0.2, -0.15) is 5.01 Å². The fraction of sp³-hybridized carbons (Fsp3) is 0.154. The molecule has 1 aliphatic rings. The Hall–Kier alpha value is -4.46. The van der Waals surface area contributed by atoms with Crippen molar-refractivity contribution in [2.24, 2.45) is 0 Å². The average Bonchev–Trinajstić information content (AvgIpc) is 3.12. The van der Waals surface area contributed by atoms with Gasteiger partial charge in [0.1, 0.15) is 12.6 Å². The minimum atomic E-state index is -1.06. The summed E-state index contributed by atoms with van der Waals surface area (Å²) in [5, 5.41) is 4.40. The first-order chi connectivity index (χ1) is 16.5. The Bertz CT molecular complexity index is 1180. The van der Waals surface area contributed by atoms with E-state index in [0.717, 1.165) is 15.6 Å². The zero-order valence-electron chi connectivity index (χ0n) is 18.5. The van der Waals surface area contributed by atoms with Gasteiger partial charge >= 0.3 is 6.09 Å². The lowest BCUT2D eigenvalue weighted by molar-refractivity contribution is -0.144. The van der Waals surface area contributed by atoms with Crippen LogP contribution in [-0.2, 0) is 22.7 Å². The largest absolute Gasteiger partial charge is 0.445 e. The topological polar surface area (TPSA) is 96.0 Å². The van der Waals surface area contributed by atoms with E-state index in [9.17, 15) is 19.2 Å². The Kier molecular flexibility index (Phi) is 6.68. The van der Waals surface area contributed by atoms with Crippen LogP contribution in [0.3, 0.4) is 0 Å². The third-order valence-corrected chi connectivity index (χ3v) is 5.36.